The van der Waals surface area contributed by atoms with Crippen LogP contribution in [0.2, 0.25) is 5.02 Å². The number of hydrogen-bond donors (Lipinski definition) is 1. The van der Waals surface area contributed by atoms with Gasteiger partial charge in [0, 0.05) is 20.6 Å². The Morgan fingerprint density at radius 2 is 1.91 bits per heavy atom. The largest absolute Gasteiger partial charge is 0.490 e. The van der Waals surface area contributed by atoms with E-state index < -0.39 is 5.91 Å². The van der Waals surface area contributed by atoms with Crippen LogP contribution >= 0.6 is 43.5 Å². The van der Waals surface area contributed by atoms with Crippen molar-refractivity contribution in [3.05, 3.63) is 97.9 Å². The van der Waals surface area contributed by atoms with Crippen LogP contribution in [0, 0.1) is 0 Å². The van der Waals surface area contributed by atoms with Crippen molar-refractivity contribution in [3.63, 3.8) is 0 Å². The lowest BCUT2D eigenvalue weighted by molar-refractivity contribution is 0.0954. The second-order valence-corrected chi connectivity index (χ2v) is 9.32. The number of rotatable bonds is 11. The number of carbonyl (C=O) groups is 1. The first-order chi connectivity index (χ1) is 16.9. The Hall–Kier alpha value is -2.81. The summed E-state index contributed by atoms with van der Waals surface area (Å²) in [5.41, 5.74) is 4.51. The molecule has 9 heteroatoms. The molecule has 0 saturated heterocycles. The maximum atomic E-state index is 12.7. The van der Waals surface area contributed by atoms with Crippen molar-refractivity contribution in [2.75, 3.05) is 13.2 Å². The fourth-order valence-electron chi connectivity index (χ4n) is 3.02. The van der Waals surface area contributed by atoms with Crippen LogP contribution in [-0.4, -0.2) is 25.3 Å². The van der Waals surface area contributed by atoms with E-state index in [0.29, 0.717) is 53.2 Å². The van der Waals surface area contributed by atoms with Gasteiger partial charge in [-0.05, 0) is 70.9 Å². The Labute approximate surface area is 226 Å². The summed E-state index contributed by atoms with van der Waals surface area (Å²) in [4.78, 5) is 12.7. The fraction of sp³-hybridized carbons (Fsp3) is 0.154. The van der Waals surface area contributed by atoms with E-state index in [9.17, 15) is 4.79 Å². The second-order valence-electron chi connectivity index (χ2n) is 7.12. The van der Waals surface area contributed by atoms with E-state index >= 15 is 0 Å². The highest BCUT2D eigenvalue weighted by atomic mass is 79.9. The highest BCUT2D eigenvalue weighted by Gasteiger charge is 2.13. The number of amides is 1. The van der Waals surface area contributed by atoms with Gasteiger partial charge in [0.25, 0.3) is 5.91 Å². The normalized spacial score (nSPS) is 10.7. The van der Waals surface area contributed by atoms with E-state index in [1.54, 1.807) is 30.3 Å². The van der Waals surface area contributed by atoms with E-state index in [4.69, 9.17) is 25.8 Å². The number of hydrogen-bond acceptors (Lipinski definition) is 5. The van der Waals surface area contributed by atoms with Crippen LogP contribution in [0.25, 0.3) is 0 Å². The molecule has 0 fully saturated rings. The molecule has 182 valence electrons. The topological polar surface area (TPSA) is 69.2 Å². The van der Waals surface area contributed by atoms with Crippen molar-refractivity contribution in [2.45, 2.75) is 13.5 Å². The predicted octanol–water partition coefficient (Wildman–Crippen LogP) is 7.17. The highest BCUT2D eigenvalue weighted by Crippen LogP contribution is 2.33. The van der Waals surface area contributed by atoms with Gasteiger partial charge < -0.3 is 14.2 Å². The Bertz CT molecular complexity index is 1230. The molecule has 35 heavy (non-hydrogen) atoms. The van der Waals surface area contributed by atoms with Crippen molar-refractivity contribution >= 4 is 55.6 Å². The average molecular weight is 623 g/mol. The zero-order chi connectivity index (χ0) is 25.2. The molecule has 0 unspecified atom stereocenters. The summed E-state index contributed by atoms with van der Waals surface area (Å²) < 4.78 is 18.8. The third-order valence-corrected chi connectivity index (χ3v) is 5.82. The lowest BCUT2D eigenvalue weighted by atomic mass is 10.2. The minimum atomic E-state index is -0.395. The lowest BCUT2D eigenvalue weighted by Gasteiger charge is -2.13. The Morgan fingerprint density at radius 1 is 1.09 bits per heavy atom. The van der Waals surface area contributed by atoms with Crippen LogP contribution in [0.4, 0.5) is 0 Å². The summed E-state index contributed by atoms with van der Waals surface area (Å²) in [5.74, 6) is 1.19. The lowest BCUT2D eigenvalue weighted by Crippen LogP contribution is -2.18. The monoisotopic (exact) mass is 620 g/mol. The van der Waals surface area contributed by atoms with E-state index in [1.807, 2.05) is 37.3 Å². The summed E-state index contributed by atoms with van der Waals surface area (Å²) >= 11 is 13.1. The smallest absolute Gasteiger partial charge is 0.271 e. The van der Waals surface area contributed by atoms with Crippen molar-refractivity contribution in [2.24, 2.45) is 5.10 Å². The maximum absolute atomic E-state index is 12.7. The van der Waals surface area contributed by atoms with E-state index in [1.165, 1.54) is 6.21 Å². The van der Waals surface area contributed by atoms with Gasteiger partial charge in [-0.15, -0.1) is 0 Å². The van der Waals surface area contributed by atoms with Gasteiger partial charge in [-0.25, -0.2) is 5.43 Å². The zero-order valence-electron chi connectivity index (χ0n) is 18.9. The Balaban J connectivity index is 1.74. The van der Waals surface area contributed by atoms with Gasteiger partial charge >= 0.3 is 0 Å². The molecule has 1 amide bonds. The van der Waals surface area contributed by atoms with Crippen molar-refractivity contribution in [3.8, 4) is 17.2 Å². The molecule has 0 radical (unpaired) electrons. The number of hydrazone groups is 1. The predicted molar refractivity (Wildman–Crippen MR) is 146 cm³/mol. The molecule has 6 nitrogen and oxygen atoms in total. The quantitative estimate of drug-likeness (QED) is 0.140. The summed E-state index contributed by atoms with van der Waals surface area (Å²) in [7, 11) is 0. The number of nitrogens with zero attached hydrogens (tertiary/aromatic N) is 1. The SMILES string of the molecule is C=CCOc1ccc(C(=O)N/N=C/c2cc(Br)cc(Br)c2OCc2cccc(Cl)c2)cc1OCC. The minimum Gasteiger partial charge on any atom is -0.490 e. The third-order valence-electron chi connectivity index (χ3n) is 4.54. The van der Waals surface area contributed by atoms with Gasteiger partial charge in [0.05, 0.1) is 17.3 Å². The van der Waals surface area contributed by atoms with Gasteiger partial charge in [-0.2, -0.15) is 5.10 Å². The van der Waals surface area contributed by atoms with Crippen LogP contribution < -0.4 is 19.6 Å². The summed E-state index contributed by atoms with van der Waals surface area (Å²) in [6, 6.07) is 16.1. The zero-order valence-corrected chi connectivity index (χ0v) is 22.8. The summed E-state index contributed by atoms with van der Waals surface area (Å²) in [6.07, 6.45) is 3.16. The molecule has 1 N–H and O–H groups in total. The van der Waals surface area contributed by atoms with Crippen LogP contribution in [0.15, 0.2) is 81.3 Å². The summed E-state index contributed by atoms with van der Waals surface area (Å²) in [6.45, 7) is 6.58. The van der Waals surface area contributed by atoms with Crippen molar-refractivity contribution in [1.29, 1.82) is 0 Å². The molecule has 0 spiro atoms. The molecule has 0 atom stereocenters. The molecule has 0 saturated carbocycles. The first-order valence-electron chi connectivity index (χ1n) is 10.6. The molecular weight excluding hydrogens is 600 g/mol. The Morgan fingerprint density at radius 3 is 2.66 bits per heavy atom. The standard InChI is InChI=1S/C26H23Br2ClN2O4/c1-3-10-34-23-9-8-18(13-24(23)33-4-2)26(32)31-30-15-19-12-20(27)14-22(28)25(19)35-16-17-6-5-7-21(29)11-17/h3,5-9,11-15H,1,4,10,16H2,2H3,(H,31,32)/b30-15+. The van der Waals surface area contributed by atoms with E-state index in [0.717, 1.165) is 14.5 Å². The first-order valence-corrected chi connectivity index (χ1v) is 12.6. The highest BCUT2D eigenvalue weighted by molar-refractivity contribution is 9.11. The molecule has 3 rings (SSSR count). The number of ether oxygens (including phenoxy) is 3. The average Bonchev–Trinajstić information content (AvgIpc) is 2.82. The van der Waals surface area contributed by atoms with Crippen LogP contribution in [0.5, 0.6) is 17.2 Å². The fourth-order valence-corrected chi connectivity index (χ4v) is 4.61. The van der Waals surface area contributed by atoms with E-state index in [-0.39, 0.29) is 0 Å². The number of halogens is 3. The van der Waals surface area contributed by atoms with Gasteiger partial charge in [0.1, 0.15) is 19.0 Å². The minimum absolute atomic E-state index is 0.314. The molecule has 0 bridgehead atoms. The maximum Gasteiger partial charge on any atom is 0.271 e. The van der Waals surface area contributed by atoms with Gasteiger partial charge in [0.2, 0.25) is 0 Å². The Kier molecular flexibility index (Phi) is 10.2. The number of carbonyl (C=O) groups excluding carboxylic acids is 1. The molecule has 0 aliphatic rings. The first kappa shape index (κ1) is 26.8. The molecule has 0 heterocycles. The van der Waals surface area contributed by atoms with Gasteiger partial charge in [-0.1, -0.05) is 52.3 Å². The van der Waals surface area contributed by atoms with Crippen LogP contribution in [-0.2, 0) is 6.61 Å². The molecule has 0 aliphatic heterocycles. The van der Waals surface area contributed by atoms with E-state index in [2.05, 4.69) is 49.0 Å². The van der Waals surface area contributed by atoms with Crippen molar-refractivity contribution in [1.82, 2.24) is 5.43 Å². The third kappa shape index (κ3) is 7.85. The summed E-state index contributed by atoms with van der Waals surface area (Å²) in [5, 5.41) is 4.76. The molecule has 0 aromatic heterocycles. The van der Waals surface area contributed by atoms with Gasteiger partial charge in [0.15, 0.2) is 11.5 Å². The van der Waals surface area contributed by atoms with Crippen LogP contribution in [0.1, 0.15) is 28.4 Å². The van der Waals surface area contributed by atoms with Crippen LogP contribution in [0.3, 0.4) is 0 Å². The van der Waals surface area contributed by atoms with Crippen molar-refractivity contribution < 1.29 is 19.0 Å². The van der Waals surface area contributed by atoms with Gasteiger partial charge in [-0.3, -0.25) is 4.79 Å². The number of benzene rings is 3. The second kappa shape index (κ2) is 13.3. The molecule has 0 aliphatic carbocycles. The number of nitrogens with one attached hydrogen (secondary N) is 1. The molecular formula is C26H23Br2ClN2O4. The molecule has 3 aromatic rings. The molecule has 3 aromatic carbocycles.